The van der Waals surface area contributed by atoms with Gasteiger partial charge in [0.25, 0.3) is 0 Å². The van der Waals surface area contributed by atoms with Gasteiger partial charge in [-0.05, 0) is 32.2 Å². The Bertz CT molecular complexity index is 392. The standard InChI is InChI=1S/C12H21N5/c1-8-4-10(8)6-17(3)7-12-14-9(2)5-11(15-12)16-13/h5,8,10H,4,6-7,13H2,1-3H3,(H,14,15,16). The van der Waals surface area contributed by atoms with Crippen molar-refractivity contribution in [2.45, 2.75) is 26.8 Å². The van der Waals surface area contributed by atoms with E-state index in [0.717, 1.165) is 36.4 Å². The number of anilines is 1. The lowest BCUT2D eigenvalue weighted by molar-refractivity contribution is 0.300. The van der Waals surface area contributed by atoms with Crippen LogP contribution in [0.1, 0.15) is 24.9 Å². The number of hydrogen-bond donors (Lipinski definition) is 2. The molecule has 1 aromatic heterocycles. The number of nitrogen functional groups attached to an aromatic ring is 1. The second-order valence-corrected chi connectivity index (χ2v) is 5.12. The Hall–Kier alpha value is -1.20. The molecule has 0 radical (unpaired) electrons. The van der Waals surface area contributed by atoms with Gasteiger partial charge in [0, 0.05) is 18.3 Å². The normalized spacial score (nSPS) is 22.9. The van der Waals surface area contributed by atoms with E-state index in [4.69, 9.17) is 5.84 Å². The molecule has 0 spiro atoms. The van der Waals surface area contributed by atoms with E-state index in [9.17, 15) is 0 Å². The maximum absolute atomic E-state index is 5.37. The molecule has 1 saturated carbocycles. The van der Waals surface area contributed by atoms with E-state index in [1.807, 2.05) is 13.0 Å². The molecule has 2 unspecified atom stereocenters. The Kier molecular flexibility index (Phi) is 3.59. The zero-order valence-corrected chi connectivity index (χ0v) is 10.8. The van der Waals surface area contributed by atoms with E-state index >= 15 is 0 Å². The van der Waals surface area contributed by atoms with Gasteiger partial charge in [0.15, 0.2) is 0 Å². The first kappa shape index (κ1) is 12.3. The van der Waals surface area contributed by atoms with Gasteiger partial charge in [-0.3, -0.25) is 4.90 Å². The van der Waals surface area contributed by atoms with Gasteiger partial charge in [-0.1, -0.05) is 6.92 Å². The van der Waals surface area contributed by atoms with Crippen molar-refractivity contribution in [1.82, 2.24) is 14.9 Å². The third-order valence-electron chi connectivity index (χ3n) is 3.28. The molecular formula is C12H21N5. The number of nitrogens with two attached hydrogens (primary N) is 1. The second-order valence-electron chi connectivity index (χ2n) is 5.12. The molecule has 0 aromatic carbocycles. The van der Waals surface area contributed by atoms with Crippen LogP contribution >= 0.6 is 0 Å². The summed E-state index contributed by atoms with van der Waals surface area (Å²) in [5, 5.41) is 0. The fourth-order valence-electron chi connectivity index (χ4n) is 2.13. The molecule has 1 aliphatic rings. The van der Waals surface area contributed by atoms with Crippen molar-refractivity contribution in [2.24, 2.45) is 17.7 Å². The Balaban J connectivity index is 1.94. The van der Waals surface area contributed by atoms with Gasteiger partial charge in [-0.25, -0.2) is 15.8 Å². The number of hydrogen-bond acceptors (Lipinski definition) is 5. The minimum atomic E-state index is 0.681. The maximum Gasteiger partial charge on any atom is 0.144 e. The summed E-state index contributed by atoms with van der Waals surface area (Å²) in [5.41, 5.74) is 3.51. The van der Waals surface area contributed by atoms with Crippen LogP contribution < -0.4 is 11.3 Å². The van der Waals surface area contributed by atoms with Crippen LogP contribution in [0.5, 0.6) is 0 Å². The first-order valence-electron chi connectivity index (χ1n) is 6.08. The summed E-state index contributed by atoms with van der Waals surface area (Å²) in [5.74, 6) is 8.63. The quantitative estimate of drug-likeness (QED) is 0.592. The van der Waals surface area contributed by atoms with Crippen molar-refractivity contribution in [1.29, 1.82) is 0 Å². The van der Waals surface area contributed by atoms with Gasteiger partial charge < -0.3 is 5.43 Å². The van der Waals surface area contributed by atoms with Crippen LogP contribution in [0.4, 0.5) is 5.82 Å². The third kappa shape index (κ3) is 3.38. The SMILES string of the molecule is Cc1cc(NN)nc(CN(C)CC2CC2C)n1. The molecule has 1 aliphatic carbocycles. The molecule has 1 heterocycles. The summed E-state index contributed by atoms with van der Waals surface area (Å²) in [7, 11) is 2.12. The summed E-state index contributed by atoms with van der Waals surface area (Å²) in [6, 6.07) is 1.84. The molecule has 17 heavy (non-hydrogen) atoms. The first-order chi connectivity index (χ1) is 8.08. The molecule has 5 nitrogen and oxygen atoms in total. The van der Waals surface area contributed by atoms with Crippen molar-refractivity contribution >= 4 is 5.82 Å². The van der Waals surface area contributed by atoms with Crippen LogP contribution in [0.25, 0.3) is 0 Å². The summed E-state index contributed by atoms with van der Waals surface area (Å²) in [6.45, 7) is 6.16. The van der Waals surface area contributed by atoms with Gasteiger partial charge in [0.05, 0.1) is 6.54 Å². The molecule has 1 fully saturated rings. The number of aromatic nitrogens is 2. The van der Waals surface area contributed by atoms with Crippen LogP contribution in [-0.2, 0) is 6.54 Å². The number of rotatable bonds is 5. The summed E-state index contributed by atoms with van der Waals surface area (Å²) < 4.78 is 0. The Morgan fingerprint density at radius 2 is 2.24 bits per heavy atom. The molecule has 1 aromatic rings. The first-order valence-corrected chi connectivity index (χ1v) is 6.08. The molecule has 0 saturated heterocycles. The number of aryl methyl sites for hydroxylation is 1. The van der Waals surface area contributed by atoms with E-state index in [-0.39, 0.29) is 0 Å². The minimum absolute atomic E-state index is 0.681. The zero-order chi connectivity index (χ0) is 12.4. The lowest BCUT2D eigenvalue weighted by atomic mass is 10.3. The number of nitrogens with zero attached hydrogens (tertiary/aromatic N) is 3. The van der Waals surface area contributed by atoms with Crippen LogP contribution in [-0.4, -0.2) is 28.5 Å². The predicted molar refractivity (Wildman–Crippen MR) is 68.2 cm³/mol. The average Bonchev–Trinajstić information content (AvgIpc) is 2.92. The fourth-order valence-corrected chi connectivity index (χ4v) is 2.13. The lowest BCUT2D eigenvalue weighted by Gasteiger charge is -2.16. The van der Waals surface area contributed by atoms with E-state index in [0.29, 0.717) is 5.82 Å². The molecule has 0 bridgehead atoms. The molecule has 0 aliphatic heterocycles. The van der Waals surface area contributed by atoms with Crippen LogP contribution in [0.2, 0.25) is 0 Å². The van der Waals surface area contributed by atoms with Crippen LogP contribution in [0.15, 0.2) is 6.07 Å². The second kappa shape index (κ2) is 4.98. The Morgan fingerprint density at radius 1 is 1.53 bits per heavy atom. The van der Waals surface area contributed by atoms with E-state index in [1.165, 1.54) is 6.42 Å². The highest BCUT2D eigenvalue weighted by Crippen LogP contribution is 2.38. The monoisotopic (exact) mass is 235 g/mol. The highest BCUT2D eigenvalue weighted by molar-refractivity contribution is 5.33. The van der Waals surface area contributed by atoms with Crippen molar-refractivity contribution < 1.29 is 0 Å². The van der Waals surface area contributed by atoms with E-state index in [2.05, 4.69) is 34.3 Å². The van der Waals surface area contributed by atoms with Gasteiger partial charge in [-0.15, -0.1) is 0 Å². The molecule has 5 heteroatoms. The lowest BCUT2D eigenvalue weighted by Crippen LogP contribution is -2.23. The van der Waals surface area contributed by atoms with Crippen LogP contribution in [0.3, 0.4) is 0 Å². The van der Waals surface area contributed by atoms with Crippen molar-refractivity contribution in [3.63, 3.8) is 0 Å². The number of hydrazine groups is 1. The van der Waals surface area contributed by atoms with Gasteiger partial charge in [0.1, 0.15) is 11.6 Å². The smallest absolute Gasteiger partial charge is 0.144 e. The summed E-state index contributed by atoms with van der Waals surface area (Å²) >= 11 is 0. The molecule has 2 rings (SSSR count). The maximum atomic E-state index is 5.37. The highest BCUT2D eigenvalue weighted by atomic mass is 15.3. The average molecular weight is 235 g/mol. The fraction of sp³-hybridized carbons (Fsp3) is 0.667. The largest absolute Gasteiger partial charge is 0.308 e. The summed E-state index contributed by atoms with van der Waals surface area (Å²) in [4.78, 5) is 11.1. The minimum Gasteiger partial charge on any atom is -0.308 e. The number of nitrogens with one attached hydrogen (secondary N) is 1. The highest BCUT2D eigenvalue weighted by Gasteiger charge is 2.33. The summed E-state index contributed by atoms with van der Waals surface area (Å²) in [6.07, 6.45) is 1.36. The molecule has 0 amide bonds. The topological polar surface area (TPSA) is 67.1 Å². The van der Waals surface area contributed by atoms with Gasteiger partial charge >= 0.3 is 0 Å². The van der Waals surface area contributed by atoms with E-state index < -0.39 is 0 Å². The Labute approximate surface area is 102 Å². The van der Waals surface area contributed by atoms with Crippen molar-refractivity contribution in [3.8, 4) is 0 Å². The van der Waals surface area contributed by atoms with Crippen molar-refractivity contribution in [2.75, 3.05) is 19.0 Å². The van der Waals surface area contributed by atoms with Gasteiger partial charge in [-0.2, -0.15) is 0 Å². The molecule has 3 N–H and O–H groups in total. The molecule has 94 valence electrons. The van der Waals surface area contributed by atoms with Crippen molar-refractivity contribution in [3.05, 3.63) is 17.6 Å². The predicted octanol–water partition coefficient (Wildman–Crippen LogP) is 1.16. The Morgan fingerprint density at radius 3 is 2.82 bits per heavy atom. The van der Waals surface area contributed by atoms with Gasteiger partial charge in [0.2, 0.25) is 0 Å². The zero-order valence-electron chi connectivity index (χ0n) is 10.8. The van der Waals surface area contributed by atoms with Crippen LogP contribution in [0, 0.1) is 18.8 Å². The third-order valence-corrected chi connectivity index (χ3v) is 3.28. The molecular weight excluding hydrogens is 214 g/mol. The van der Waals surface area contributed by atoms with E-state index in [1.54, 1.807) is 0 Å². The molecule has 2 atom stereocenters.